The number of hydrogen-bond acceptors (Lipinski definition) is 7. The van der Waals surface area contributed by atoms with Crippen LogP contribution in [-0.4, -0.2) is 30.9 Å². The second-order valence-corrected chi connectivity index (χ2v) is 9.22. The lowest BCUT2D eigenvalue weighted by Gasteiger charge is -2.23. The van der Waals surface area contributed by atoms with Gasteiger partial charge < -0.3 is 14.2 Å². The minimum atomic E-state index is -0.717. The molecule has 0 spiro atoms. The number of hydrogen-bond donors (Lipinski definition) is 0. The highest BCUT2D eigenvalue weighted by molar-refractivity contribution is 9.10. The third kappa shape index (κ3) is 4.71. The molecule has 0 aliphatic carbocycles. The number of methoxy groups -OCH3 is 1. The van der Waals surface area contributed by atoms with Gasteiger partial charge in [0.15, 0.2) is 16.3 Å². The normalized spacial score (nSPS) is 15.2. The average molecular weight is 543 g/mol. The number of carbonyl (C=O) groups excluding carboxylic acids is 1. The van der Waals surface area contributed by atoms with E-state index in [1.54, 1.807) is 12.1 Å². The van der Waals surface area contributed by atoms with Gasteiger partial charge in [-0.15, -0.1) is 0 Å². The molecule has 0 amide bonds. The Balaban J connectivity index is 1.90. The van der Waals surface area contributed by atoms with Crippen molar-refractivity contribution in [2.24, 2.45) is 4.99 Å². The maximum Gasteiger partial charge on any atom is 0.337 e. The van der Waals surface area contributed by atoms with Crippen LogP contribution in [0.5, 0.6) is 11.5 Å². The van der Waals surface area contributed by atoms with Crippen LogP contribution in [-0.2, 0) is 9.53 Å². The minimum Gasteiger partial charge on any atom is -0.490 e. The van der Waals surface area contributed by atoms with E-state index in [9.17, 15) is 9.59 Å². The molecule has 0 unspecified atom stereocenters. The monoisotopic (exact) mass is 542 g/mol. The highest BCUT2D eigenvalue weighted by Crippen LogP contribution is 2.35. The fraction of sp³-hybridized carbons (Fsp3) is 0.240. The lowest BCUT2D eigenvalue weighted by atomic mass is 9.97. The number of esters is 1. The van der Waals surface area contributed by atoms with E-state index < -0.39 is 12.0 Å². The Bertz CT molecular complexity index is 1420. The van der Waals surface area contributed by atoms with E-state index in [1.807, 2.05) is 50.3 Å². The van der Waals surface area contributed by atoms with E-state index in [-0.39, 0.29) is 11.1 Å². The maximum atomic E-state index is 13.5. The summed E-state index contributed by atoms with van der Waals surface area (Å²) in [6.07, 6.45) is 3.29. The Kier molecular flexibility index (Phi) is 7.33. The number of aromatic nitrogens is 1. The molecule has 0 N–H and O–H groups in total. The van der Waals surface area contributed by atoms with Gasteiger partial charge in [-0.25, -0.2) is 9.79 Å². The van der Waals surface area contributed by atoms with Crippen LogP contribution in [0.3, 0.4) is 0 Å². The minimum absolute atomic E-state index is 0.238. The average Bonchev–Trinajstić information content (AvgIpc) is 3.16. The second-order valence-electron chi connectivity index (χ2n) is 7.30. The molecule has 0 bridgehead atoms. The van der Waals surface area contributed by atoms with Crippen LogP contribution >= 0.6 is 27.3 Å². The summed E-state index contributed by atoms with van der Waals surface area (Å²) in [5, 5.41) is 0. The quantitative estimate of drug-likeness (QED) is 0.426. The molecule has 34 heavy (non-hydrogen) atoms. The van der Waals surface area contributed by atoms with E-state index >= 15 is 0 Å². The van der Waals surface area contributed by atoms with E-state index in [2.05, 4.69) is 20.9 Å². The standard InChI is InChI=1S/C25H23BrN2O5S/c1-4-32-19-11-8-16(13-20(19)33-5-2)22-18(24(30)31-3)14-27-25-28(22)23(29)21(34-25)12-15-6-9-17(26)10-7-15/h6-14,22H,4-5H2,1-3H3/b21-12-/t22-/m1/s1. The SMILES string of the molecule is CCOc1ccc([C@@H]2C(C(=O)OC)=CN=c3s/c(=C\c4ccc(Br)cc4)c(=O)n32)cc1OCC. The van der Waals surface area contributed by atoms with Gasteiger partial charge in [0, 0.05) is 10.7 Å². The molecule has 3 aromatic rings. The van der Waals surface area contributed by atoms with Crippen molar-refractivity contribution in [1.82, 2.24) is 4.57 Å². The molecule has 1 aromatic heterocycles. The topological polar surface area (TPSA) is 79.1 Å². The fourth-order valence-electron chi connectivity index (χ4n) is 3.70. The lowest BCUT2D eigenvalue weighted by molar-refractivity contribution is -0.136. The molecule has 2 heterocycles. The summed E-state index contributed by atoms with van der Waals surface area (Å²) >= 11 is 4.69. The van der Waals surface area contributed by atoms with Gasteiger partial charge in [-0.05, 0) is 55.3 Å². The molecular formula is C25H23BrN2O5S. The zero-order valence-corrected chi connectivity index (χ0v) is 21.3. The molecule has 1 aliphatic heterocycles. The number of carbonyl (C=O) groups is 1. The summed E-state index contributed by atoms with van der Waals surface area (Å²) in [6.45, 7) is 4.70. The second kappa shape index (κ2) is 10.4. The first-order chi connectivity index (χ1) is 16.5. The van der Waals surface area contributed by atoms with E-state index in [0.29, 0.717) is 39.6 Å². The molecule has 0 saturated heterocycles. The van der Waals surface area contributed by atoms with E-state index in [0.717, 1.165) is 10.0 Å². The third-order valence-electron chi connectivity index (χ3n) is 5.18. The molecule has 9 heteroatoms. The molecule has 0 fully saturated rings. The largest absolute Gasteiger partial charge is 0.490 e. The molecule has 2 aromatic carbocycles. The van der Waals surface area contributed by atoms with Gasteiger partial charge in [0.25, 0.3) is 5.56 Å². The molecule has 4 rings (SSSR count). The Labute approximate surface area is 208 Å². The van der Waals surface area contributed by atoms with Crippen molar-refractivity contribution in [3.05, 3.63) is 89.5 Å². The number of fused-ring (bicyclic) bond motifs is 1. The highest BCUT2D eigenvalue weighted by Gasteiger charge is 2.31. The summed E-state index contributed by atoms with van der Waals surface area (Å²) in [6, 6.07) is 12.4. The van der Waals surface area contributed by atoms with Crippen molar-refractivity contribution in [2.75, 3.05) is 20.3 Å². The first-order valence-corrected chi connectivity index (χ1v) is 12.3. The van der Waals surface area contributed by atoms with Crippen LogP contribution in [0.4, 0.5) is 0 Å². The van der Waals surface area contributed by atoms with Gasteiger partial charge in [-0.2, -0.15) is 0 Å². The molecule has 1 aliphatic rings. The van der Waals surface area contributed by atoms with Gasteiger partial charge in [0.05, 0.1) is 36.5 Å². The van der Waals surface area contributed by atoms with Gasteiger partial charge in [-0.3, -0.25) is 9.36 Å². The summed E-state index contributed by atoms with van der Waals surface area (Å²) in [5.41, 5.74) is 1.60. The van der Waals surface area contributed by atoms with Crippen LogP contribution in [0.2, 0.25) is 0 Å². The summed E-state index contributed by atoms with van der Waals surface area (Å²) in [4.78, 5) is 31.1. The van der Waals surface area contributed by atoms with Crippen LogP contribution in [0, 0.1) is 0 Å². The summed E-state index contributed by atoms with van der Waals surface area (Å²) in [5.74, 6) is 0.585. The van der Waals surface area contributed by atoms with Crippen molar-refractivity contribution >= 4 is 39.3 Å². The molecule has 176 valence electrons. The zero-order valence-electron chi connectivity index (χ0n) is 18.9. The fourth-order valence-corrected chi connectivity index (χ4v) is 4.93. The first-order valence-electron chi connectivity index (χ1n) is 10.7. The molecule has 1 atom stereocenters. The zero-order chi connectivity index (χ0) is 24.2. The predicted octanol–water partition coefficient (Wildman–Crippen LogP) is 3.58. The first kappa shape index (κ1) is 24.0. The van der Waals surface area contributed by atoms with Crippen molar-refractivity contribution in [3.8, 4) is 11.5 Å². The summed E-state index contributed by atoms with van der Waals surface area (Å²) in [7, 11) is 1.31. The van der Waals surface area contributed by atoms with Gasteiger partial charge in [0.2, 0.25) is 0 Å². The smallest absolute Gasteiger partial charge is 0.337 e. The Morgan fingerprint density at radius 2 is 1.82 bits per heavy atom. The Hall–Kier alpha value is -3.17. The lowest BCUT2D eigenvalue weighted by Crippen LogP contribution is -2.39. The summed E-state index contributed by atoms with van der Waals surface area (Å²) < 4.78 is 19.5. The van der Waals surface area contributed by atoms with Crippen LogP contribution in [0.25, 0.3) is 6.08 Å². The van der Waals surface area contributed by atoms with Gasteiger partial charge in [-0.1, -0.05) is 45.5 Å². The number of rotatable bonds is 7. The van der Waals surface area contributed by atoms with E-state index in [4.69, 9.17) is 14.2 Å². The Morgan fingerprint density at radius 1 is 1.12 bits per heavy atom. The van der Waals surface area contributed by atoms with Crippen molar-refractivity contribution < 1.29 is 19.0 Å². The van der Waals surface area contributed by atoms with Crippen LogP contribution in [0.1, 0.15) is 31.0 Å². The van der Waals surface area contributed by atoms with Crippen molar-refractivity contribution in [2.45, 2.75) is 19.9 Å². The maximum absolute atomic E-state index is 13.5. The molecule has 0 radical (unpaired) electrons. The van der Waals surface area contributed by atoms with Crippen LogP contribution in [0.15, 0.2) is 68.5 Å². The number of ether oxygens (including phenoxy) is 3. The van der Waals surface area contributed by atoms with Gasteiger partial charge >= 0.3 is 5.97 Å². The van der Waals surface area contributed by atoms with E-state index in [1.165, 1.54) is 29.2 Å². The third-order valence-corrected chi connectivity index (χ3v) is 6.70. The Morgan fingerprint density at radius 3 is 2.50 bits per heavy atom. The van der Waals surface area contributed by atoms with Crippen molar-refractivity contribution in [3.63, 3.8) is 0 Å². The number of benzene rings is 2. The van der Waals surface area contributed by atoms with Crippen LogP contribution < -0.4 is 24.4 Å². The van der Waals surface area contributed by atoms with Crippen molar-refractivity contribution in [1.29, 1.82) is 0 Å². The highest BCUT2D eigenvalue weighted by atomic mass is 79.9. The number of thiazole rings is 1. The molecule has 7 nitrogen and oxygen atoms in total. The van der Waals surface area contributed by atoms with Gasteiger partial charge in [0.1, 0.15) is 0 Å². The number of nitrogens with zero attached hydrogens (tertiary/aromatic N) is 2. The molecular weight excluding hydrogens is 520 g/mol. The molecule has 0 saturated carbocycles. The number of halogens is 1. The predicted molar refractivity (Wildman–Crippen MR) is 134 cm³/mol.